The van der Waals surface area contributed by atoms with Crippen molar-refractivity contribution in [3.8, 4) is 5.75 Å². The highest BCUT2D eigenvalue weighted by molar-refractivity contribution is 6.07. The number of piperidine rings is 1. The highest BCUT2D eigenvalue weighted by atomic mass is 16.5. The lowest BCUT2D eigenvalue weighted by molar-refractivity contribution is -0.136. The van der Waals surface area contributed by atoms with Gasteiger partial charge in [-0.15, -0.1) is 0 Å². The summed E-state index contributed by atoms with van der Waals surface area (Å²) in [7, 11) is 3.28. The van der Waals surface area contributed by atoms with Crippen molar-refractivity contribution < 1.29 is 19.1 Å². The van der Waals surface area contributed by atoms with Crippen LogP contribution >= 0.6 is 0 Å². The molecule has 7 heteroatoms. The average Bonchev–Trinajstić information content (AvgIpc) is 2.96. The number of carbonyl (C=O) groups excluding carboxylic acids is 2. The number of likely N-dealkylation sites (tertiary alicyclic amines) is 1. The van der Waals surface area contributed by atoms with Crippen LogP contribution in [0.3, 0.4) is 0 Å². The van der Waals surface area contributed by atoms with E-state index >= 15 is 0 Å². The van der Waals surface area contributed by atoms with Gasteiger partial charge in [-0.1, -0.05) is 19.1 Å². The largest absolute Gasteiger partial charge is 0.497 e. The summed E-state index contributed by atoms with van der Waals surface area (Å²) in [5, 5.41) is 0. The zero-order chi connectivity index (χ0) is 21.7. The molecule has 1 aromatic rings. The predicted molar refractivity (Wildman–Crippen MR) is 115 cm³/mol. The molecule has 166 valence electrons. The summed E-state index contributed by atoms with van der Waals surface area (Å²) in [5.41, 5.74) is 0.199. The molecule has 1 spiro atoms. The van der Waals surface area contributed by atoms with Gasteiger partial charge in [0.05, 0.1) is 13.7 Å². The van der Waals surface area contributed by atoms with Crippen molar-refractivity contribution in [1.29, 1.82) is 0 Å². The van der Waals surface area contributed by atoms with Gasteiger partial charge in [0.15, 0.2) is 0 Å². The first-order valence-corrected chi connectivity index (χ1v) is 11.0. The molecule has 7 nitrogen and oxygen atoms in total. The van der Waals surface area contributed by atoms with Crippen molar-refractivity contribution in [3.05, 3.63) is 29.8 Å². The van der Waals surface area contributed by atoms with Crippen LogP contribution in [0.15, 0.2) is 24.3 Å². The minimum Gasteiger partial charge on any atom is -0.497 e. The smallest absolute Gasteiger partial charge is 0.327 e. The van der Waals surface area contributed by atoms with Crippen molar-refractivity contribution in [3.63, 3.8) is 0 Å². The van der Waals surface area contributed by atoms with Crippen LogP contribution in [0, 0.1) is 0 Å². The lowest BCUT2D eigenvalue weighted by atomic mass is 9.85. The van der Waals surface area contributed by atoms with Gasteiger partial charge in [-0.2, -0.15) is 0 Å². The molecule has 1 atom stereocenters. The Labute approximate surface area is 179 Å². The number of imide groups is 1. The van der Waals surface area contributed by atoms with E-state index in [4.69, 9.17) is 9.47 Å². The van der Waals surface area contributed by atoms with Gasteiger partial charge in [0.25, 0.3) is 5.91 Å². The van der Waals surface area contributed by atoms with Crippen LogP contribution in [0.1, 0.15) is 45.1 Å². The van der Waals surface area contributed by atoms with Gasteiger partial charge >= 0.3 is 6.03 Å². The number of rotatable bonds is 9. The van der Waals surface area contributed by atoms with Gasteiger partial charge in [-0.05, 0) is 50.3 Å². The van der Waals surface area contributed by atoms with E-state index in [2.05, 4.69) is 18.7 Å². The quantitative estimate of drug-likeness (QED) is 0.456. The molecular formula is C23H35N3O4. The number of hydrogen-bond donors (Lipinski definition) is 0. The first-order valence-electron chi connectivity index (χ1n) is 11.0. The van der Waals surface area contributed by atoms with Crippen LogP contribution in [-0.4, -0.2) is 78.7 Å². The van der Waals surface area contributed by atoms with E-state index in [1.54, 1.807) is 14.2 Å². The Morgan fingerprint density at radius 1 is 1.10 bits per heavy atom. The average molecular weight is 418 g/mol. The lowest BCUT2D eigenvalue weighted by Gasteiger charge is -2.44. The topological polar surface area (TPSA) is 62.3 Å². The fourth-order valence-corrected chi connectivity index (χ4v) is 4.59. The number of amides is 3. The molecule has 0 aromatic heterocycles. The van der Waals surface area contributed by atoms with E-state index in [0.29, 0.717) is 38.6 Å². The molecular weight excluding hydrogens is 382 g/mol. The third-order valence-corrected chi connectivity index (χ3v) is 6.69. The number of hydrogen-bond acceptors (Lipinski definition) is 5. The summed E-state index contributed by atoms with van der Waals surface area (Å²) in [6.45, 7) is 7.50. The zero-order valence-corrected chi connectivity index (χ0v) is 18.7. The Morgan fingerprint density at radius 3 is 2.33 bits per heavy atom. The highest BCUT2D eigenvalue weighted by Crippen LogP contribution is 2.38. The number of urea groups is 1. The van der Waals surface area contributed by atoms with Crippen LogP contribution in [0.5, 0.6) is 5.75 Å². The van der Waals surface area contributed by atoms with Crippen LogP contribution in [-0.2, 0) is 16.1 Å². The lowest BCUT2D eigenvalue weighted by Crippen LogP contribution is -2.57. The third kappa shape index (κ3) is 4.32. The second-order valence-electron chi connectivity index (χ2n) is 8.34. The second kappa shape index (κ2) is 9.79. The molecule has 2 saturated heterocycles. The molecule has 0 saturated carbocycles. The van der Waals surface area contributed by atoms with Gasteiger partial charge in [-0.3, -0.25) is 9.69 Å². The molecule has 2 aliphatic rings. The Bertz CT molecular complexity index is 728. The Hall–Kier alpha value is -2.12. The third-order valence-electron chi connectivity index (χ3n) is 6.69. The molecule has 1 aromatic carbocycles. The van der Waals surface area contributed by atoms with E-state index < -0.39 is 5.54 Å². The number of nitrogens with zero attached hydrogens (tertiary/aromatic N) is 3. The molecule has 0 radical (unpaired) electrons. The van der Waals surface area contributed by atoms with Gasteiger partial charge in [-0.25, -0.2) is 4.79 Å². The standard InChI is InChI=1S/C23H35N3O4/c1-5-18(2)24-14-11-23(12-15-24)21(27)25(22(28)26(23)13-6-16-29-3)17-19-7-9-20(30-4)10-8-19/h7-10,18H,5-6,11-17H2,1-4H3. The molecule has 0 aliphatic carbocycles. The minimum atomic E-state index is -0.721. The first kappa shape index (κ1) is 22.6. The Kier molecular flexibility index (Phi) is 7.36. The van der Waals surface area contributed by atoms with Gasteiger partial charge in [0.1, 0.15) is 11.3 Å². The monoisotopic (exact) mass is 417 g/mol. The van der Waals surface area contributed by atoms with Crippen molar-refractivity contribution in [2.45, 2.75) is 57.7 Å². The van der Waals surface area contributed by atoms with E-state index in [1.165, 1.54) is 4.90 Å². The van der Waals surface area contributed by atoms with Crippen LogP contribution in [0.25, 0.3) is 0 Å². The normalized spacial score (nSPS) is 20.3. The van der Waals surface area contributed by atoms with E-state index in [0.717, 1.165) is 37.2 Å². The molecule has 0 bridgehead atoms. The fraction of sp³-hybridized carbons (Fsp3) is 0.652. The number of ether oxygens (including phenoxy) is 2. The summed E-state index contributed by atoms with van der Waals surface area (Å²) >= 11 is 0. The van der Waals surface area contributed by atoms with Crippen molar-refractivity contribution in [2.24, 2.45) is 0 Å². The van der Waals surface area contributed by atoms with Crippen LogP contribution in [0.4, 0.5) is 4.79 Å². The summed E-state index contributed by atoms with van der Waals surface area (Å²) in [5.74, 6) is 0.706. The molecule has 3 amide bonds. The second-order valence-corrected chi connectivity index (χ2v) is 8.34. The summed E-state index contributed by atoms with van der Waals surface area (Å²) in [4.78, 5) is 32.6. The molecule has 1 unspecified atom stereocenters. The predicted octanol–water partition coefficient (Wildman–Crippen LogP) is 3.13. The molecule has 2 fully saturated rings. The maximum atomic E-state index is 13.6. The van der Waals surface area contributed by atoms with Crippen molar-refractivity contribution in [1.82, 2.24) is 14.7 Å². The fourth-order valence-electron chi connectivity index (χ4n) is 4.59. The number of carbonyl (C=O) groups is 2. The number of methoxy groups -OCH3 is 2. The van der Waals surface area contributed by atoms with Crippen LogP contribution in [0.2, 0.25) is 0 Å². The summed E-state index contributed by atoms with van der Waals surface area (Å²) in [6.07, 6.45) is 3.19. The first-order chi connectivity index (χ1) is 14.5. The van der Waals surface area contributed by atoms with E-state index in [-0.39, 0.29) is 11.9 Å². The summed E-state index contributed by atoms with van der Waals surface area (Å²) < 4.78 is 10.4. The van der Waals surface area contributed by atoms with Gasteiger partial charge < -0.3 is 19.3 Å². The maximum Gasteiger partial charge on any atom is 0.327 e. The van der Waals surface area contributed by atoms with Crippen molar-refractivity contribution >= 4 is 11.9 Å². The zero-order valence-electron chi connectivity index (χ0n) is 18.7. The van der Waals surface area contributed by atoms with E-state index in [9.17, 15) is 9.59 Å². The molecule has 3 rings (SSSR count). The Morgan fingerprint density at radius 2 is 1.77 bits per heavy atom. The van der Waals surface area contributed by atoms with Crippen molar-refractivity contribution in [2.75, 3.05) is 40.5 Å². The van der Waals surface area contributed by atoms with Gasteiger partial charge in [0.2, 0.25) is 0 Å². The van der Waals surface area contributed by atoms with Gasteiger partial charge in [0, 0.05) is 39.4 Å². The SMILES string of the molecule is CCC(C)N1CCC2(CC1)C(=O)N(Cc1ccc(OC)cc1)C(=O)N2CCCOC. The maximum absolute atomic E-state index is 13.6. The molecule has 2 aliphatic heterocycles. The van der Waals surface area contributed by atoms with Crippen LogP contribution < -0.4 is 4.74 Å². The minimum absolute atomic E-state index is 0.0514. The summed E-state index contributed by atoms with van der Waals surface area (Å²) in [6, 6.07) is 7.85. The molecule has 30 heavy (non-hydrogen) atoms. The molecule has 2 heterocycles. The van der Waals surface area contributed by atoms with E-state index in [1.807, 2.05) is 29.2 Å². The number of benzene rings is 1. The Balaban J connectivity index is 1.80. The molecule has 0 N–H and O–H groups in total. The highest BCUT2D eigenvalue weighted by Gasteiger charge is 2.57.